The maximum Gasteiger partial charge on any atom is 0.309 e. The molecule has 5 heteroatoms. The van der Waals surface area contributed by atoms with E-state index < -0.39 is 0 Å². The van der Waals surface area contributed by atoms with Crippen LogP contribution in [0.4, 0.5) is 0 Å². The lowest BCUT2D eigenvalue weighted by Crippen LogP contribution is -2.49. The van der Waals surface area contributed by atoms with Gasteiger partial charge in [0.1, 0.15) is 0 Å². The van der Waals surface area contributed by atoms with E-state index in [-0.39, 0.29) is 29.9 Å². The summed E-state index contributed by atoms with van der Waals surface area (Å²) in [6.07, 6.45) is 3.45. The second-order valence-electron chi connectivity index (χ2n) is 7.00. The van der Waals surface area contributed by atoms with Crippen LogP contribution in [0.1, 0.15) is 58.1 Å². The monoisotopic (exact) mass is 360 g/mol. The maximum atomic E-state index is 12.8. The number of nitrogens with zero attached hydrogens (tertiary/aromatic N) is 1. The van der Waals surface area contributed by atoms with Crippen LogP contribution in [0, 0.1) is 5.92 Å². The summed E-state index contributed by atoms with van der Waals surface area (Å²) in [6, 6.07) is 9.99. The number of benzene rings is 1. The molecule has 1 aliphatic rings. The van der Waals surface area contributed by atoms with Gasteiger partial charge in [-0.1, -0.05) is 43.7 Å². The van der Waals surface area contributed by atoms with E-state index in [1.807, 2.05) is 32.0 Å². The van der Waals surface area contributed by atoms with E-state index in [0.717, 1.165) is 44.3 Å². The largest absolute Gasteiger partial charge is 0.466 e. The SMILES string of the molecule is CCCC(NC(=O)C(C)N1CCC(C(=O)OCC)CC1)c1ccccc1. The molecule has 1 fully saturated rings. The average molecular weight is 360 g/mol. The Morgan fingerprint density at radius 3 is 2.42 bits per heavy atom. The summed E-state index contributed by atoms with van der Waals surface area (Å²) in [4.78, 5) is 26.8. The minimum atomic E-state index is -0.193. The van der Waals surface area contributed by atoms with Crippen LogP contribution in [-0.4, -0.2) is 42.5 Å². The van der Waals surface area contributed by atoms with Gasteiger partial charge >= 0.3 is 5.97 Å². The Hall–Kier alpha value is -1.88. The number of esters is 1. The van der Waals surface area contributed by atoms with Gasteiger partial charge in [0.05, 0.1) is 24.6 Å². The molecule has 0 saturated carbocycles. The van der Waals surface area contributed by atoms with Gasteiger partial charge < -0.3 is 10.1 Å². The van der Waals surface area contributed by atoms with E-state index in [4.69, 9.17) is 4.74 Å². The molecule has 0 bridgehead atoms. The zero-order valence-corrected chi connectivity index (χ0v) is 16.2. The van der Waals surface area contributed by atoms with E-state index in [1.54, 1.807) is 0 Å². The first-order valence-electron chi connectivity index (χ1n) is 9.82. The molecule has 1 aromatic rings. The number of amides is 1. The summed E-state index contributed by atoms with van der Waals surface area (Å²) in [5, 5.41) is 3.21. The number of hydrogen-bond acceptors (Lipinski definition) is 4. The molecular formula is C21H32N2O3. The Bertz CT molecular complexity index is 568. The van der Waals surface area contributed by atoms with Gasteiger partial charge in [-0.3, -0.25) is 14.5 Å². The lowest BCUT2D eigenvalue weighted by atomic mass is 9.95. The van der Waals surface area contributed by atoms with Crippen LogP contribution in [0.25, 0.3) is 0 Å². The van der Waals surface area contributed by atoms with Crippen molar-refractivity contribution in [2.24, 2.45) is 5.92 Å². The molecule has 1 amide bonds. The van der Waals surface area contributed by atoms with Crippen LogP contribution in [-0.2, 0) is 14.3 Å². The number of nitrogens with one attached hydrogen (secondary N) is 1. The zero-order valence-electron chi connectivity index (χ0n) is 16.2. The van der Waals surface area contributed by atoms with Crippen molar-refractivity contribution in [3.05, 3.63) is 35.9 Å². The minimum absolute atomic E-state index is 0.0291. The van der Waals surface area contributed by atoms with E-state index in [1.165, 1.54) is 0 Å². The first-order valence-corrected chi connectivity index (χ1v) is 9.82. The molecule has 26 heavy (non-hydrogen) atoms. The second kappa shape index (κ2) is 10.3. The highest BCUT2D eigenvalue weighted by Crippen LogP contribution is 2.22. The predicted octanol–water partition coefficient (Wildman–Crippen LogP) is 3.31. The number of carbonyl (C=O) groups is 2. The molecule has 2 unspecified atom stereocenters. The Balaban J connectivity index is 1.89. The molecule has 0 aromatic heterocycles. The number of hydrogen-bond donors (Lipinski definition) is 1. The van der Waals surface area contributed by atoms with Crippen LogP contribution in [0.3, 0.4) is 0 Å². The number of piperidine rings is 1. The van der Waals surface area contributed by atoms with Crippen LogP contribution in [0.2, 0.25) is 0 Å². The Morgan fingerprint density at radius 1 is 1.19 bits per heavy atom. The smallest absolute Gasteiger partial charge is 0.309 e. The fourth-order valence-corrected chi connectivity index (χ4v) is 3.54. The standard InChI is InChI=1S/C21H32N2O3/c1-4-9-19(17-10-7-6-8-11-17)22-20(24)16(3)23-14-12-18(13-15-23)21(25)26-5-2/h6-8,10-11,16,18-19H,4-5,9,12-15H2,1-3H3,(H,22,24). The second-order valence-corrected chi connectivity index (χ2v) is 7.00. The van der Waals surface area contributed by atoms with E-state index in [0.29, 0.717) is 6.61 Å². The molecule has 144 valence electrons. The molecule has 2 rings (SSSR count). The van der Waals surface area contributed by atoms with Gasteiger partial charge in [-0.2, -0.15) is 0 Å². The van der Waals surface area contributed by atoms with E-state index in [2.05, 4.69) is 29.3 Å². The molecule has 5 nitrogen and oxygen atoms in total. The lowest BCUT2D eigenvalue weighted by Gasteiger charge is -2.35. The molecule has 2 atom stereocenters. The van der Waals surface area contributed by atoms with Gasteiger partial charge in [0, 0.05) is 0 Å². The summed E-state index contributed by atoms with van der Waals surface area (Å²) < 4.78 is 5.12. The highest BCUT2D eigenvalue weighted by Gasteiger charge is 2.31. The van der Waals surface area contributed by atoms with Crippen molar-refractivity contribution in [1.82, 2.24) is 10.2 Å². The van der Waals surface area contributed by atoms with Crippen LogP contribution in [0.15, 0.2) is 30.3 Å². The summed E-state index contributed by atoms with van der Waals surface area (Å²) >= 11 is 0. The number of rotatable bonds is 8. The normalized spacial score (nSPS) is 18.1. The summed E-state index contributed by atoms with van der Waals surface area (Å²) in [5.74, 6) is -0.0724. The van der Waals surface area contributed by atoms with Crippen molar-refractivity contribution in [3.8, 4) is 0 Å². The highest BCUT2D eigenvalue weighted by molar-refractivity contribution is 5.81. The third-order valence-electron chi connectivity index (χ3n) is 5.17. The van der Waals surface area contributed by atoms with Crippen LogP contribution < -0.4 is 5.32 Å². The van der Waals surface area contributed by atoms with Crippen molar-refractivity contribution < 1.29 is 14.3 Å². The highest BCUT2D eigenvalue weighted by atomic mass is 16.5. The molecule has 1 heterocycles. The first-order chi connectivity index (χ1) is 12.6. The molecular weight excluding hydrogens is 328 g/mol. The van der Waals surface area contributed by atoms with Crippen molar-refractivity contribution >= 4 is 11.9 Å². The van der Waals surface area contributed by atoms with Gasteiger partial charge in [-0.25, -0.2) is 0 Å². The van der Waals surface area contributed by atoms with Crippen molar-refractivity contribution in [2.75, 3.05) is 19.7 Å². The van der Waals surface area contributed by atoms with Crippen molar-refractivity contribution in [3.63, 3.8) is 0 Å². The van der Waals surface area contributed by atoms with Gasteiger partial charge in [0.25, 0.3) is 0 Å². The molecule has 1 N–H and O–H groups in total. The van der Waals surface area contributed by atoms with E-state index in [9.17, 15) is 9.59 Å². The third-order valence-corrected chi connectivity index (χ3v) is 5.17. The van der Waals surface area contributed by atoms with Gasteiger partial charge in [0.15, 0.2) is 0 Å². The lowest BCUT2D eigenvalue weighted by molar-refractivity contribution is -0.149. The molecule has 1 aliphatic heterocycles. The van der Waals surface area contributed by atoms with E-state index >= 15 is 0 Å². The Kier molecular flexibility index (Phi) is 8.10. The molecule has 1 saturated heterocycles. The summed E-state index contributed by atoms with van der Waals surface area (Å²) in [6.45, 7) is 7.85. The van der Waals surface area contributed by atoms with Gasteiger partial charge in [-0.05, 0) is 51.8 Å². The molecule has 1 aromatic carbocycles. The van der Waals surface area contributed by atoms with Crippen LogP contribution in [0.5, 0.6) is 0 Å². The molecule has 0 aliphatic carbocycles. The zero-order chi connectivity index (χ0) is 18.9. The number of carbonyl (C=O) groups excluding carboxylic acids is 2. The maximum absolute atomic E-state index is 12.8. The minimum Gasteiger partial charge on any atom is -0.466 e. The van der Waals surface area contributed by atoms with Gasteiger partial charge in [-0.15, -0.1) is 0 Å². The number of likely N-dealkylation sites (tertiary alicyclic amines) is 1. The first kappa shape index (κ1) is 20.4. The summed E-state index contributed by atoms with van der Waals surface area (Å²) in [5.41, 5.74) is 1.15. The van der Waals surface area contributed by atoms with Crippen molar-refractivity contribution in [2.45, 2.75) is 58.5 Å². The Labute approximate surface area is 157 Å². The molecule has 0 radical (unpaired) electrons. The molecule has 0 spiro atoms. The predicted molar refractivity (Wildman–Crippen MR) is 103 cm³/mol. The fourth-order valence-electron chi connectivity index (χ4n) is 3.54. The summed E-state index contributed by atoms with van der Waals surface area (Å²) in [7, 11) is 0. The quantitative estimate of drug-likeness (QED) is 0.723. The fraction of sp³-hybridized carbons (Fsp3) is 0.619. The van der Waals surface area contributed by atoms with Crippen LogP contribution >= 0.6 is 0 Å². The number of ether oxygens (including phenoxy) is 1. The van der Waals surface area contributed by atoms with Crippen molar-refractivity contribution in [1.29, 1.82) is 0 Å². The Morgan fingerprint density at radius 2 is 1.85 bits per heavy atom. The average Bonchev–Trinajstić information content (AvgIpc) is 2.68. The topological polar surface area (TPSA) is 58.6 Å². The van der Waals surface area contributed by atoms with Gasteiger partial charge in [0.2, 0.25) is 5.91 Å². The third kappa shape index (κ3) is 5.56.